The first-order chi connectivity index (χ1) is 7.66. The molecule has 0 bridgehead atoms. The van der Waals surface area contributed by atoms with E-state index in [1.165, 1.54) is 5.56 Å². The summed E-state index contributed by atoms with van der Waals surface area (Å²) in [5.41, 5.74) is 9.15. The lowest BCUT2D eigenvalue weighted by molar-refractivity contribution is 0.767. The smallest absolute Gasteiger partial charge is 0.138 e. The highest BCUT2D eigenvalue weighted by Gasteiger charge is 2.21. The summed E-state index contributed by atoms with van der Waals surface area (Å²) in [5, 5.41) is 8.27. The van der Waals surface area contributed by atoms with E-state index in [2.05, 4.69) is 36.8 Å². The minimum atomic E-state index is 0.772. The first kappa shape index (κ1) is 9.84. The maximum absolute atomic E-state index is 6.08. The standard InChI is InChI=1S/C11H11BrN4/c1-6-14-15-10-3-2-7-4-8(12)5-9(13)11(7)16(6)10/h4-5H,2-3,13H2,1H3. The molecular weight excluding hydrogens is 268 g/mol. The third kappa shape index (κ3) is 1.28. The van der Waals surface area contributed by atoms with Crippen molar-refractivity contribution in [3.63, 3.8) is 0 Å². The topological polar surface area (TPSA) is 56.7 Å². The van der Waals surface area contributed by atoms with E-state index in [0.29, 0.717) is 0 Å². The number of hydrogen-bond acceptors (Lipinski definition) is 3. The van der Waals surface area contributed by atoms with Gasteiger partial charge in [-0.25, -0.2) is 0 Å². The van der Waals surface area contributed by atoms with Crippen molar-refractivity contribution in [3.8, 4) is 5.69 Å². The van der Waals surface area contributed by atoms with Crippen LogP contribution in [0.2, 0.25) is 0 Å². The van der Waals surface area contributed by atoms with Crippen molar-refractivity contribution in [3.05, 3.63) is 33.8 Å². The third-order valence-electron chi connectivity index (χ3n) is 2.92. The Kier molecular flexibility index (Phi) is 2.04. The first-order valence-corrected chi connectivity index (χ1v) is 5.95. The maximum Gasteiger partial charge on any atom is 0.138 e. The second-order valence-electron chi connectivity index (χ2n) is 4.00. The van der Waals surface area contributed by atoms with Gasteiger partial charge < -0.3 is 5.73 Å². The van der Waals surface area contributed by atoms with Crippen LogP contribution in [0, 0.1) is 6.92 Å². The molecule has 1 aromatic heterocycles. The van der Waals surface area contributed by atoms with E-state index in [-0.39, 0.29) is 0 Å². The van der Waals surface area contributed by atoms with Crippen molar-refractivity contribution in [1.29, 1.82) is 0 Å². The summed E-state index contributed by atoms with van der Waals surface area (Å²) in [6.07, 6.45) is 1.89. The van der Waals surface area contributed by atoms with Crippen LogP contribution >= 0.6 is 15.9 Å². The molecule has 0 atom stereocenters. The average Bonchev–Trinajstić information content (AvgIpc) is 2.60. The molecule has 1 aromatic carbocycles. The lowest BCUT2D eigenvalue weighted by atomic mass is 10.0. The molecule has 2 heterocycles. The Morgan fingerprint density at radius 1 is 1.31 bits per heavy atom. The van der Waals surface area contributed by atoms with Crippen molar-refractivity contribution < 1.29 is 0 Å². The summed E-state index contributed by atoms with van der Waals surface area (Å²) in [7, 11) is 0. The molecule has 0 unspecified atom stereocenters. The van der Waals surface area contributed by atoms with Gasteiger partial charge in [-0.15, -0.1) is 10.2 Å². The highest BCUT2D eigenvalue weighted by Crippen LogP contribution is 2.32. The zero-order valence-electron chi connectivity index (χ0n) is 8.87. The minimum absolute atomic E-state index is 0.772. The van der Waals surface area contributed by atoms with E-state index in [1.807, 2.05) is 13.0 Å². The molecular formula is C11H11BrN4. The molecule has 2 N–H and O–H groups in total. The number of nitrogen functional groups attached to an aromatic ring is 1. The largest absolute Gasteiger partial charge is 0.397 e. The fraction of sp³-hybridized carbons (Fsp3) is 0.273. The van der Waals surface area contributed by atoms with Gasteiger partial charge in [0.05, 0.1) is 11.4 Å². The van der Waals surface area contributed by atoms with E-state index in [0.717, 1.165) is 40.3 Å². The van der Waals surface area contributed by atoms with Crippen LogP contribution in [0.3, 0.4) is 0 Å². The zero-order valence-corrected chi connectivity index (χ0v) is 10.5. The lowest BCUT2D eigenvalue weighted by Crippen LogP contribution is -2.15. The van der Waals surface area contributed by atoms with Gasteiger partial charge in [0.15, 0.2) is 0 Å². The number of benzene rings is 1. The van der Waals surface area contributed by atoms with Crippen molar-refractivity contribution in [2.24, 2.45) is 0 Å². The molecule has 1 aliphatic heterocycles. The fourth-order valence-corrected chi connectivity index (χ4v) is 2.77. The summed E-state index contributed by atoms with van der Waals surface area (Å²) >= 11 is 3.47. The number of rotatable bonds is 0. The van der Waals surface area contributed by atoms with E-state index >= 15 is 0 Å². The molecule has 4 nitrogen and oxygen atoms in total. The Balaban J connectivity index is 2.35. The molecule has 0 radical (unpaired) electrons. The maximum atomic E-state index is 6.08. The molecule has 16 heavy (non-hydrogen) atoms. The van der Waals surface area contributed by atoms with E-state index < -0.39 is 0 Å². The molecule has 0 amide bonds. The van der Waals surface area contributed by atoms with Crippen molar-refractivity contribution in [2.75, 3.05) is 5.73 Å². The highest BCUT2D eigenvalue weighted by molar-refractivity contribution is 9.10. The van der Waals surface area contributed by atoms with Gasteiger partial charge in [0.2, 0.25) is 0 Å². The quantitative estimate of drug-likeness (QED) is 0.750. The number of anilines is 1. The Morgan fingerprint density at radius 2 is 2.12 bits per heavy atom. The molecule has 0 saturated heterocycles. The van der Waals surface area contributed by atoms with Gasteiger partial charge in [-0.2, -0.15) is 0 Å². The lowest BCUT2D eigenvalue weighted by Gasteiger charge is -2.20. The Morgan fingerprint density at radius 3 is 2.94 bits per heavy atom. The van der Waals surface area contributed by atoms with Crippen LogP contribution < -0.4 is 5.73 Å². The number of nitrogens with zero attached hydrogens (tertiary/aromatic N) is 3. The van der Waals surface area contributed by atoms with Crippen LogP contribution in [-0.4, -0.2) is 14.8 Å². The minimum Gasteiger partial charge on any atom is -0.397 e. The normalized spacial score (nSPS) is 13.4. The molecule has 0 aliphatic carbocycles. The molecule has 3 rings (SSSR count). The van der Waals surface area contributed by atoms with Crippen LogP contribution in [0.4, 0.5) is 5.69 Å². The monoisotopic (exact) mass is 278 g/mol. The number of fused-ring (bicyclic) bond motifs is 3. The molecule has 0 saturated carbocycles. The first-order valence-electron chi connectivity index (χ1n) is 5.16. The molecule has 5 heteroatoms. The van der Waals surface area contributed by atoms with E-state index in [9.17, 15) is 0 Å². The van der Waals surface area contributed by atoms with Crippen molar-refractivity contribution in [1.82, 2.24) is 14.8 Å². The van der Waals surface area contributed by atoms with Crippen LogP contribution in [-0.2, 0) is 12.8 Å². The molecule has 1 aliphatic rings. The summed E-state index contributed by atoms with van der Waals surface area (Å²) in [5.74, 6) is 1.89. The van der Waals surface area contributed by atoms with Gasteiger partial charge in [-0.1, -0.05) is 15.9 Å². The van der Waals surface area contributed by atoms with Gasteiger partial charge in [0.1, 0.15) is 11.6 Å². The van der Waals surface area contributed by atoms with Crippen molar-refractivity contribution in [2.45, 2.75) is 19.8 Å². The summed E-state index contributed by atoms with van der Waals surface area (Å²) in [4.78, 5) is 0. The predicted octanol–water partition coefficient (Wildman–Crippen LogP) is 2.02. The Bertz CT molecular complexity index is 574. The summed E-state index contributed by atoms with van der Waals surface area (Å²) in [6, 6.07) is 4.04. The number of hydrogen-bond donors (Lipinski definition) is 1. The van der Waals surface area contributed by atoms with Gasteiger partial charge in [-0.3, -0.25) is 4.57 Å². The number of aryl methyl sites for hydroxylation is 3. The van der Waals surface area contributed by atoms with E-state index in [1.54, 1.807) is 0 Å². The van der Waals surface area contributed by atoms with Gasteiger partial charge in [0.25, 0.3) is 0 Å². The van der Waals surface area contributed by atoms with Crippen molar-refractivity contribution >= 4 is 21.6 Å². The zero-order chi connectivity index (χ0) is 11.3. The molecule has 2 aromatic rings. The summed E-state index contributed by atoms with van der Waals surface area (Å²) in [6.45, 7) is 1.95. The van der Waals surface area contributed by atoms with Gasteiger partial charge in [-0.05, 0) is 31.0 Å². The Hall–Kier alpha value is -1.36. The van der Waals surface area contributed by atoms with E-state index in [4.69, 9.17) is 5.73 Å². The van der Waals surface area contributed by atoms with Crippen LogP contribution in [0.5, 0.6) is 0 Å². The van der Waals surface area contributed by atoms with Crippen LogP contribution in [0.1, 0.15) is 17.2 Å². The SMILES string of the molecule is Cc1nnc2n1-c1c(N)cc(Br)cc1CC2. The number of aromatic nitrogens is 3. The van der Waals surface area contributed by atoms with Gasteiger partial charge >= 0.3 is 0 Å². The van der Waals surface area contributed by atoms with Gasteiger partial charge in [0, 0.05) is 10.9 Å². The third-order valence-corrected chi connectivity index (χ3v) is 3.37. The average molecular weight is 279 g/mol. The summed E-state index contributed by atoms with van der Waals surface area (Å²) < 4.78 is 3.08. The Labute approximate surface area is 102 Å². The second-order valence-corrected chi connectivity index (χ2v) is 4.92. The highest BCUT2D eigenvalue weighted by atomic mass is 79.9. The molecule has 0 spiro atoms. The number of halogens is 1. The molecule has 0 fully saturated rings. The predicted molar refractivity (Wildman–Crippen MR) is 65.6 cm³/mol. The number of nitrogens with two attached hydrogens (primary N) is 1. The van der Waals surface area contributed by atoms with Crippen LogP contribution in [0.15, 0.2) is 16.6 Å². The second kappa shape index (κ2) is 3.31. The fourth-order valence-electron chi connectivity index (χ4n) is 2.25. The van der Waals surface area contributed by atoms with Crippen LogP contribution in [0.25, 0.3) is 5.69 Å². The molecule has 82 valence electrons.